The first-order chi connectivity index (χ1) is 16.2. The number of hydrogen-bond donors (Lipinski definition) is 1. The van der Waals surface area contributed by atoms with Crippen molar-refractivity contribution in [2.75, 3.05) is 13.2 Å². The van der Waals surface area contributed by atoms with Crippen LogP contribution in [0.4, 0.5) is 0 Å². The van der Waals surface area contributed by atoms with E-state index in [-0.39, 0.29) is 5.92 Å². The van der Waals surface area contributed by atoms with E-state index in [2.05, 4.69) is 74.2 Å². The van der Waals surface area contributed by atoms with Crippen LogP contribution in [0, 0.1) is 26.2 Å². The van der Waals surface area contributed by atoms with Gasteiger partial charge >= 0.3 is 5.97 Å². The second-order valence-corrected chi connectivity index (χ2v) is 10.2. The van der Waals surface area contributed by atoms with E-state index < -0.39 is 11.4 Å². The number of aryl methyl sites for hydroxylation is 3. The molecule has 0 bridgehead atoms. The molecule has 0 radical (unpaired) electrons. The molecule has 1 aliphatic rings. The molecule has 3 aromatic rings. The highest BCUT2D eigenvalue weighted by molar-refractivity contribution is 5.76. The second-order valence-electron chi connectivity index (χ2n) is 10.2. The van der Waals surface area contributed by atoms with Crippen molar-refractivity contribution in [3.05, 3.63) is 99.6 Å². The Labute approximate surface area is 203 Å². The minimum Gasteiger partial charge on any atom is -0.492 e. The normalized spacial score (nSPS) is 15.2. The molecule has 0 saturated heterocycles. The summed E-state index contributed by atoms with van der Waals surface area (Å²) in [5.74, 6) is -0.0763. The first-order valence-corrected chi connectivity index (χ1v) is 12.0. The number of rotatable bonds is 6. The lowest BCUT2D eigenvalue weighted by Gasteiger charge is -2.33. The van der Waals surface area contributed by atoms with E-state index in [9.17, 15) is 9.90 Å². The van der Waals surface area contributed by atoms with Crippen LogP contribution in [0.15, 0.2) is 60.7 Å². The number of ether oxygens (including phenoxy) is 1. The van der Waals surface area contributed by atoms with Gasteiger partial charge in [0.2, 0.25) is 0 Å². The Morgan fingerprint density at radius 3 is 2.53 bits per heavy atom. The molecular weight excluding hydrogens is 422 g/mol. The van der Waals surface area contributed by atoms with Gasteiger partial charge in [-0.05, 0) is 68.5 Å². The van der Waals surface area contributed by atoms with Crippen LogP contribution in [0.5, 0.6) is 5.75 Å². The molecule has 3 aromatic carbocycles. The number of aliphatic carboxylic acids is 1. The summed E-state index contributed by atoms with van der Waals surface area (Å²) in [6, 6.07) is 21.0. The van der Waals surface area contributed by atoms with Crippen molar-refractivity contribution in [3.63, 3.8) is 0 Å². The zero-order chi connectivity index (χ0) is 24.5. The van der Waals surface area contributed by atoms with Crippen LogP contribution in [-0.2, 0) is 17.9 Å². The van der Waals surface area contributed by atoms with E-state index in [0.717, 1.165) is 42.1 Å². The van der Waals surface area contributed by atoms with E-state index in [1.807, 2.05) is 26.0 Å². The van der Waals surface area contributed by atoms with Gasteiger partial charge in [0.05, 0.1) is 5.41 Å². The van der Waals surface area contributed by atoms with Gasteiger partial charge in [0, 0.05) is 31.1 Å². The van der Waals surface area contributed by atoms with Crippen LogP contribution < -0.4 is 4.74 Å². The maximum Gasteiger partial charge on any atom is 0.310 e. The summed E-state index contributed by atoms with van der Waals surface area (Å²) in [4.78, 5) is 14.8. The lowest BCUT2D eigenvalue weighted by molar-refractivity contribution is -0.147. The van der Waals surface area contributed by atoms with E-state index in [4.69, 9.17) is 4.74 Å². The fourth-order valence-corrected chi connectivity index (χ4v) is 5.06. The number of hydrogen-bond acceptors (Lipinski definition) is 3. The predicted molar refractivity (Wildman–Crippen MR) is 136 cm³/mol. The molecular formula is C30H35NO3. The van der Waals surface area contributed by atoms with Gasteiger partial charge in [0.15, 0.2) is 0 Å². The van der Waals surface area contributed by atoms with Crippen molar-refractivity contribution < 1.29 is 14.6 Å². The summed E-state index contributed by atoms with van der Waals surface area (Å²) in [5.41, 5.74) is 7.12. The predicted octanol–water partition coefficient (Wildman–Crippen LogP) is 6.25. The first-order valence-electron chi connectivity index (χ1n) is 12.0. The number of para-hydroxylation sites is 1. The minimum atomic E-state index is -0.956. The van der Waals surface area contributed by atoms with Crippen molar-refractivity contribution >= 4 is 5.97 Å². The molecule has 0 spiro atoms. The molecule has 178 valence electrons. The van der Waals surface area contributed by atoms with Crippen LogP contribution >= 0.6 is 0 Å². The number of fused-ring (bicyclic) bond motifs is 1. The van der Waals surface area contributed by atoms with Crippen molar-refractivity contribution in [2.45, 2.75) is 53.6 Å². The van der Waals surface area contributed by atoms with Crippen LogP contribution in [0.2, 0.25) is 0 Å². The van der Waals surface area contributed by atoms with Gasteiger partial charge in [-0.1, -0.05) is 60.2 Å². The van der Waals surface area contributed by atoms with Gasteiger partial charge < -0.3 is 9.84 Å². The van der Waals surface area contributed by atoms with E-state index in [1.54, 1.807) is 0 Å². The van der Waals surface area contributed by atoms with Crippen LogP contribution in [0.3, 0.4) is 0 Å². The Hall–Kier alpha value is -3.11. The van der Waals surface area contributed by atoms with Gasteiger partial charge in [-0.3, -0.25) is 9.69 Å². The summed E-state index contributed by atoms with van der Waals surface area (Å²) in [5, 5.41) is 10.2. The highest BCUT2D eigenvalue weighted by Gasteiger charge is 2.39. The van der Waals surface area contributed by atoms with E-state index >= 15 is 0 Å². The largest absolute Gasteiger partial charge is 0.492 e. The highest BCUT2D eigenvalue weighted by Crippen LogP contribution is 2.43. The summed E-state index contributed by atoms with van der Waals surface area (Å²) >= 11 is 0. The van der Waals surface area contributed by atoms with Gasteiger partial charge in [-0.15, -0.1) is 0 Å². The lowest BCUT2D eigenvalue weighted by Crippen LogP contribution is -2.33. The van der Waals surface area contributed by atoms with Gasteiger partial charge in [0.1, 0.15) is 12.4 Å². The number of carboxylic acids is 1. The molecule has 0 aliphatic carbocycles. The van der Waals surface area contributed by atoms with Gasteiger partial charge in [0.25, 0.3) is 0 Å². The fourth-order valence-electron chi connectivity index (χ4n) is 5.06. The quantitative estimate of drug-likeness (QED) is 0.475. The molecule has 34 heavy (non-hydrogen) atoms. The molecule has 4 nitrogen and oxygen atoms in total. The third-order valence-electron chi connectivity index (χ3n) is 7.14. The van der Waals surface area contributed by atoms with Gasteiger partial charge in [-0.25, -0.2) is 0 Å². The molecule has 1 N–H and O–H groups in total. The third-order valence-corrected chi connectivity index (χ3v) is 7.14. The molecule has 1 heterocycles. The molecule has 1 atom stereocenters. The molecule has 4 rings (SSSR count). The summed E-state index contributed by atoms with van der Waals surface area (Å²) in [6.07, 6.45) is 0. The Balaban J connectivity index is 1.71. The number of carbonyl (C=O) groups is 1. The molecule has 0 saturated carbocycles. The van der Waals surface area contributed by atoms with Crippen LogP contribution in [0.25, 0.3) is 0 Å². The zero-order valence-corrected chi connectivity index (χ0v) is 20.9. The standard InChI is InChI=1S/C30H35NO3/c1-20-10-13-26(22(3)16-20)28(30(4,5)29(32)33)23-12-11-21(2)25(17-23)19-31-14-15-34-27-9-7-6-8-24(27)18-31/h6-13,16-17,28H,14-15,18-19H2,1-5H3,(H,32,33). The monoisotopic (exact) mass is 457 g/mol. The van der Waals surface area contributed by atoms with Crippen molar-refractivity contribution in [2.24, 2.45) is 5.41 Å². The molecule has 0 amide bonds. The average molecular weight is 458 g/mol. The molecule has 4 heteroatoms. The number of benzene rings is 3. The van der Waals surface area contributed by atoms with E-state index in [1.165, 1.54) is 22.3 Å². The SMILES string of the molecule is Cc1ccc(C(c2ccc(C)c(CN3CCOc4ccccc4C3)c2)C(C)(C)C(=O)O)c(C)c1. The summed E-state index contributed by atoms with van der Waals surface area (Å²) in [6.45, 7) is 13.1. The Kier molecular flexibility index (Phi) is 6.81. The highest BCUT2D eigenvalue weighted by atomic mass is 16.5. The lowest BCUT2D eigenvalue weighted by atomic mass is 9.69. The Morgan fingerprint density at radius 1 is 1.03 bits per heavy atom. The molecule has 1 aliphatic heterocycles. The molecule has 0 aromatic heterocycles. The zero-order valence-electron chi connectivity index (χ0n) is 20.9. The van der Waals surface area contributed by atoms with Crippen LogP contribution in [0.1, 0.15) is 58.7 Å². The van der Waals surface area contributed by atoms with Gasteiger partial charge in [-0.2, -0.15) is 0 Å². The van der Waals surface area contributed by atoms with E-state index in [0.29, 0.717) is 6.61 Å². The number of carboxylic acid groups (broad SMARTS) is 1. The topological polar surface area (TPSA) is 49.8 Å². The molecule has 1 unspecified atom stereocenters. The Bertz CT molecular complexity index is 1200. The van der Waals surface area contributed by atoms with Crippen molar-refractivity contribution in [3.8, 4) is 5.75 Å². The summed E-state index contributed by atoms with van der Waals surface area (Å²) in [7, 11) is 0. The first kappa shape index (κ1) is 24.0. The van der Waals surface area contributed by atoms with Crippen molar-refractivity contribution in [1.29, 1.82) is 0 Å². The maximum absolute atomic E-state index is 12.4. The average Bonchev–Trinajstić information content (AvgIpc) is 2.99. The third kappa shape index (κ3) is 4.88. The Morgan fingerprint density at radius 2 is 1.79 bits per heavy atom. The maximum atomic E-state index is 12.4. The second kappa shape index (κ2) is 9.63. The van der Waals surface area contributed by atoms with Crippen molar-refractivity contribution in [1.82, 2.24) is 4.90 Å². The fraction of sp³-hybridized carbons (Fsp3) is 0.367. The molecule has 0 fully saturated rings. The smallest absolute Gasteiger partial charge is 0.310 e. The summed E-state index contributed by atoms with van der Waals surface area (Å²) < 4.78 is 5.95. The number of nitrogens with zero attached hydrogens (tertiary/aromatic N) is 1. The minimum absolute atomic E-state index is 0.252. The van der Waals surface area contributed by atoms with Crippen LogP contribution in [-0.4, -0.2) is 29.1 Å².